The highest BCUT2D eigenvalue weighted by Crippen LogP contribution is 2.23. The Labute approximate surface area is 162 Å². The van der Waals surface area contributed by atoms with Crippen LogP contribution in [-0.4, -0.2) is 43.6 Å². The van der Waals surface area contributed by atoms with E-state index in [-0.39, 0.29) is 5.91 Å². The average Bonchev–Trinajstić information content (AvgIpc) is 2.82. The number of hydrogen-bond acceptors (Lipinski definition) is 4. The lowest BCUT2D eigenvalue weighted by Crippen LogP contribution is -2.37. The van der Waals surface area contributed by atoms with E-state index in [1.165, 1.54) is 25.7 Å². The number of nitrogens with zero attached hydrogens (tertiary/aromatic N) is 5. The third kappa shape index (κ3) is 4.37. The van der Waals surface area contributed by atoms with Gasteiger partial charge in [-0.05, 0) is 46.6 Å². The molecule has 0 unspecified atom stereocenters. The molecule has 0 atom stereocenters. The van der Waals surface area contributed by atoms with Crippen LogP contribution in [-0.2, 0) is 11.2 Å². The van der Waals surface area contributed by atoms with Crippen molar-refractivity contribution >= 4 is 5.91 Å². The van der Waals surface area contributed by atoms with Gasteiger partial charge in [-0.15, -0.1) is 0 Å². The molecular formula is C21H31N5O. The first-order chi connectivity index (χ1) is 12.9. The SMILES string of the molecule is Cc1cc(C)nc(-n2nc(C)c(CC(=O)N(C)C3CCCCCC3)c2C)n1. The third-order valence-corrected chi connectivity index (χ3v) is 5.69. The van der Waals surface area contributed by atoms with Gasteiger partial charge in [0.2, 0.25) is 5.91 Å². The van der Waals surface area contributed by atoms with Crippen molar-refractivity contribution in [1.82, 2.24) is 24.6 Å². The molecule has 1 fully saturated rings. The van der Waals surface area contributed by atoms with Crippen molar-refractivity contribution in [2.45, 2.75) is 78.7 Å². The first-order valence-electron chi connectivity index (χ1n) is 10.00. The number of aryl methyl sites for hydroxylation is 3. The predicted octanol–water partition coefficient (Wildman–Crippen LogP) is 3.62. The van der Waals surface area contributed by atoms with Crippen molar-refractivity contribution in [3.8, 4) is 5.95 Å². The van der Waals surface area contributed by atoms with Crippen LogP contribution in [0.1, 0.15) is 66.9 Å². The van der Waals surface area contributed by atoms with Gasteiger partial charge in [0, 0.05) is 35.7 Å². The van der Waals surface area contributed by atoms with Crippen LogP contribution in [0.2, 0.25) is 0 Å². The summed E-state index contributed by atoms with van der Waals surface area (Å²) in [5.41, 5.74) is 4.63. The molecule has 1 saturated carbocycles. The van der Waals surface area contributed by atoms with Crippen LogP contribution in [0, 0.1) is 27.7 Å². The monoisotopic (exact) mass is 369 g/mol. The number of aromatic nitrogens is 4. The van der Waals surface area contributed by atoms with Gasteiger partial charge in [-0.1, -0.05) is 25.7 Å². The van der Waals surface area contributed by atoms with Crippen LogP contribution in [0.25, 0.3) is 5.95 Å². The van der Waals surface area contributed by atoms with E-state index in [2.05, 4.69) is 15.1 Å². The number of carbonyl (C=O) groups is 1. The highest BCUT2D eigenvalue weighted by molar-refractivity contribution is 5.79. The summed E-state index contributed by atoms with van der Waals surface area (Å²) < 4.78 is 1.77. The van der Waals surface area contributed by atoms with E-state index in [9.17, 15) is 4.79 Å². The molecule has 1 amide bonds. The van der Waals surface area contributed by atoms with Crippen molar-refractivity contribution in [2.24, 2.45) is 0 Å². The largest absolute Gasteiger partial charge is 0.342 e. The molecular weight excluding hydrogens is 338 g/mol. The maximum absolute atomic E-state index is 12.9. The first-order valence-corrected chi connectivity index (χ1v) is 10.00. The molecule has 27 heavy (non-hydrogen) atoms. The summed E-state index contributed by atoms with van der Waals surface area (Å²) in [6, 6.07) is 2.32. The molecule has 0 N–H and O–H groups in total. The fraction of sp³-hybridized carbons (Fsp3) is 0.619. The zero-order valence-electron chi connectivity index (χ0n) is 17.2. The van der Waals surface area contributed by atoms with Crippen LogP contribution < -0.4 is 0 Å². The zero-order valence-corrected chi connectivity index (χ0v) is 17.2. The van der Waals surface area contributed by atoms with Crippen LogP contribution in [0.15, 0.2) is 6.07 Å². The summed E-state index contributed by atoms with van der Waals surface area (Å²) in [7, 11) is 1.96. The number of rotatable bonds is 4. The zero-order chi connectivity index (χ0) is 19.6. The molecule has 2 aromatic rings. The molecule has 0 saturated heterocycles. The summed E-state index contributed by atoms with van der Waals surface area (Å²) in [5.74, 6) is 0.748. The molecule has 146 valence electrons. The lowest BCUT2D eigenvalue weighted by atomic mass is 10.1. The van der Waals surface area contributed by atoms with Crippen molar-refractivity contribution in [2.75, 3.05) is 7.05 Å². The highest BCUT2D eigenvalue weighted by Gasteiger charge is 2.24. The van der Waals surface area contributed by atoms with Gasteiger partial charge in [0.05, 0.1) is 12.1 Å². The minimum absolute atomic E-state index is 0.175. The second kappa shape index (κ2) is 8.19. The van der Waals surface area contributed by atoms with E-state index in [1.54, 1.807) is 4.68 Å². The van der Waals surface area contributed by atoms with Gasteiger partial charge in [-0.2, -0.15) is 5.10 Å². The van der Waals surface area contributed by atoms with Crippen molar-refractivity contribution < 1.29 is 4.79 Å². The molecule has 0 aliphatic heterocycles. The first kappa shape index (κ1) is 19.5. The molecule has 1 aliphatic carbocycles. The lowest BCUT2D eigenvalue weighted by Gasteiger charge is -2.27. The van der Waals surface area contributed by atoms with Crippen LogP contribution in [0.4, 0.5) is 0 Å². The molecule has 0 bridgehead atoms. The topological polar surface area (TPSA) is 63.9 Å². The molecule has 3 rings (SSSR count). The summed E-state index contributed by atoms with van der Waals surface area (Å²) in [6.45, 7) is 7.86. The van der Waals surface area contributed by atoms with Gasteiger partial charge in [0.15, 0.2) is 0 Å². The third-order valence-electron chi connectivity index (χ3n) is 5.69. The van der Waals surface area contributed by atoms with Crippen molar-refractivity contribution in [3.05, 3.63) is 34.4 Å². The van der Waals surface area contributed by atoms with Gasteiger partial charge < -0.3 is 4.90 Å². The van der Waals surface area contributed by atoms with Crippen molar-refractivity contribution in [1.29, 1.82) is 0 Å². The van der Waals surface area contributed by atoms with Gasteiger partial charge in [0.1, 0.15) is 0 Å². The molecule has 6 nitrogen and oxygen atoms in total. The second-order valence-corrected chi connectivity index (χ2v) is 7.84. The van der Waals surface area contributed by atoms with Crippen LogP contribution in [0.3, 0.4) is 0 Å². The molecule has 2 heterocycles. The molecule has 2 aromatic heterocycles. The normalized spacial score (nSPS) is 15.6. The Kier molecular flexibility index (Phi) is 5.92. The maximum Gasteiger partial charge on any atom is 0.251 e. The molecule has 0 radical (unpaired) electrons. The summed E-state index contributed by atoms with van der Waals surface area (Å²) in [4.78, 5) is 23.9. The molecule has 0 aromatic carbocycles. The lowest BCUT2D eigenvalue weighted by molar-refractivity contribution is -0.131. The van der Waals surface area contributed by atoms with E-state index in [0.29, 0.717) is 18.4 Å². The van der Waals surface area contributed by atoms with Gasteiger partial charge >= 0.3 is 0 Å². The number of hydrogen-bond donors (Lipinski definition) is 0. The fourth-order valence-corrected chi connectivity index (χ4v) is 4.05. The van der Waals surface area contributed by atoms with E-state index in [1.807, 2.05) is 45.7 Å². The number of likely N-dealkylation sites (N-methyl/N-ethyl adjacent to an activating group) is 1. The van der Waals surface area contributed by atoms with E-state index < -0.39 is 0 Å². The standard InChI is InChI=1S/C21H31N5O/c1-14-12-15(2)23-21(22-14)26-17(4)19(16(3)24-26)13-20(27)25(5)18-10-8-6-7-9-11-18/h12,18H,6-11,13H2,1-5H3. The van der Waals surface area contributed by atoms with Gasteiger partial charge in [-0.3, -0.25) is 4.79 Å². The maximum atomic E-state index is 12.9. The Morgan fingerprint density at radius 2 is 1.67 bits per heavy atom. The summed E-state index contributed by atoms with van der Waals surface area (Å²) in [5, 5.41) is 4.62. The molecule has 6 heteroatoms. The average molecular weight is 370 g/mol. The molecule has 0 spiro atoms. The minimum atomic E-state index is 0.175. The second-order valence-electron chi connectivity index (χ2n) is 7.84. The van der Waals surface area contributed by atoms with E-state index in [0.717, 1.165) is 41.2 Å². The smallest absolute Gasteiger partial charge is 0.251 e. The molecule has 1 aliphatic rings. The van der Waals surface area contributed by atoms with Gasteiger partial charge in [-0.25, -0.2) is 14.6 Å². The highest BCUT2D eigenvalue weighted by atomic mass is 16.2. The fourth-order valence-electron chi connectivity index (χ4n) is 4.05. The Bertz CT molecular complexity index is 798. The Morgan fingerprint density at radius 1 is 1.07 bits per heavy atom. The Hall–Kier alpha value is -2.24. The summed E-state index contributed by atoms with van der Waals surface area (Å²) >= 11 is 0. The number of amides is 1. The quantitative estimate of drug-likeness (QED) is 0.772. The summed E-state index contributed by atoms with van der Waals surface area (Å²) in [6.07, 6.45) is 7.66. The van der Waals surface area contributed by atoms with Crippen LogP contribution in [0.5, 0.6) is 0 Å². The Balaban J connectivity index is 1.81. The van der Waals surface area contributed by atoms with Crippen LogP contribution >= 0.6 is 0 Å². The number of carbonyl (C=O) groups excluding carboxylic acids is 1. The van der Waals surface area contributed by atoms with Gasteiger partial charge in [0.25, 0.3) is 5.95 Å². The van der Waals surface area contributed by atoms with E-state index in [4.69, 9.17) is 0 Å². The van der Waals surface area contributed by atoms with E-state index >= 15 is 0 Å². The van der Waals surface area contributed by atoms with Crippen molar-refractivity contribution in [3.63, 3.8) is 0 Å². The minimum Gasteiger partial charge on any atom is -0.342 e. The predicted molar refractivity (Wildman–Crippen MR) is 106 cm³/mol. The Morgan fingerprint density at radius 3 is 2.26 bits per heavy atom.